The van der Waals surface area contributed by atoms with Crippen molar-refractivity contribution in [2.45, 2.75) is 31.9 Å². The Labute approximate surface area is 140 Å². The summed E-state index contributed by atoms with van der Waals surface area (Å²) >= 11 is 0. The van der Waals surface area contributed by atoms with Crippen LogP contribution in [0.2, 0.25) is 0 Å². The van der Waals surface area contributed by atoms with Crippen LogP contribution in [-0.2, 0) is 17.6 Å². The van der Waals surface area contributed by atoms with Crippen molar-refractivity contribution in [1.82, 2.24) is 5.32 Å². The number of ether oxygens (including phenoxy) is 1. The number of aliphatic hydroxyl groups excluding tert-OH is 1. The third-order valence-electron chi connectivity index (χ3n) is 4.14. The van der Waals surface area contributed by atoms with Crippen molar-refractivity contribution in [1.29, 1.82) is 0 Å². The molecule has 0 radical (unpaired) electrons. The van der Waals surface area contributed by atoms with Crippen LogP contribution in [0.15, 0.2) is 42.5 Å². The number of benzene rings is 2. The number of aryl methyl sites for hydroxylation is 1. The van der Waals surface area contributed by atoms with E-state index in [1.165, 1.54) is 6.07 Å². The summed E-state index contributed by atoms with van der Waals surface area (Å²) in [6.45, 7) is 1.82. The molecule has 2 atom stereocenters. The summed E-state index contributed by atoms with van der Waals surface area (Å²) in [6, 6.07) is 12.2. The van der Waals surface area contributed by atoms with Crippen LogP contribution in [0, 0.1) is 12.7 Å². The zero-order valence-electron chi connectivity index (χ0n) is 13.5. The van der Waals surface area contributed by atoms with Gasteiger partial charge in [0, 0.05) is 12.0 Å². The molecule has 3 rings (SSSR count). The Kier molecular flexibility index (Phi) is 4.81. The van der Waals surface area contributed by atoms with E-state index < -0.39 is 18.0 Å². The molecule has 2 aromatic carbocycles. The number of aliphatic hydroxyl groups is 1. The highest BCUT2D eigenvalue weighted by atomic mass is 19.1. The zero-order chi connectivity index (χ0) is 17.1. The molecule has 24 heavy (non-hydrogen) atoms. The van der Waals surface area contributed by atoms with E-state index in [9.17, 15) is 14.3 Å². The maximum Gasteiger partial charge on any atom is 0.261 e. The van der Waals surface area contributed by atoms with Gasteiger partial charge in [0.15, 0.2) is 17.7 Å². The monoisotopic (exact) mass is 329 g/mol. The molecule has 5 heteroatoms. The summed E-state index contributed by atoms with van der Waals surface area (Å²) in [5.74, 6) is -0.643. The van der Waals surface area contributed by atoms with Gasteiger partial charge in [-0.05, 0) is 25.0 Å². The highest BCUT2D eigenvalue weighted by Crippen LogP contribution is 2.31. The number of para-hydroxylation sites is 1. The molecule has 1 heterocycles. The van der Waals surface area contributed by atoms with E-state index in [-0.39, 0.29) is 18.3 Å². The summed E-state index contributed by atoms with van der Waals surface area (Å²) in [7, 11) is 0. The van der Waals surface area contributed by atoms with Crippen LogP contribution >= 0.6 is 0 Å². The Morgan fingerprint density at radius 2 is 2.17 bits per heavy atom. The number of amides is 1. The first-order chi connectivity index (χ1) is 11.6. The first-order valence-electron chi connectivity index (χ1n) is 7.97. The molecule has 1 aliphatic heterocycles. The highest BCUT2D eigenvalue weighted by Gasteiger charge is 2.32. The number of hydrogen-bond donors (Lipinski definition) is 2. The maximum atomic E-state index is 13.7. The molecule has 1 aliphatic rings. The van der Waals surface area contributed by atoms with Crippen molar-refractivity contribution in [3.8, 4) is 5.75 Å². The number of carbonyl (C=O) groups is 1. The van der Waals surface area contributed by atoms with Gasteiger partial charge in [0.05, 0.1) is 12.6 Å². The quantitative estimate of drug-likeness (QED) is 0.884. The Bertz CT molecular complexity index is 747. The zero-order valence-corrected chi connectivity index (χ0v) is 13.5. The molecule has 0 spiro atoms. The second kappa shape index (κ2) is 7.01. The van der Waals surface area contributed by atoms with E-state index in [1.807, 2.05) is 31.2 Å². The summed E-state index contributed by atoms with van der Waals surface area (Å²) in [5.41, 5.74) is 2.85. The standard InChI is InChI=1S/C19H20FNO3/c1-12-4-2-5-13(8-12)9-15(11-22)21-19(23)17-10-14-6-3-7-16(20)18(14)24-17/h2-8,15,17,22H,9-11H2,1H3,(H,21,23). The predicted molar refractivity (Wildman–Crippen MR) is 88.4 cm³/mol. The molecule has 4 nitrogen and oxygen atoms in total. The third-order valence-corrected chi connectivity index (χ3v) is 4.14. The minimum absolute atomic E-state index is 0.150. The van der Waals surface area contributed by atoms with E-state index >= 15 is 0 Å². The molecule has 2 unspecified atom stereocenters. The predicted octanol–water partition coefficient (Wildman–Crippen LogP) is 2.16. The molecule has 0 bridgehead atoms. The summed E-state index contributed by atoms with van der Waals surface area (Å²) in [6.07, 6.45) is 0.0999. The van der Waals surface area contributed by atoms with Gasteiger partial charge in [-0.2, -0.15) is 0 Å². The Morgan fingerprint density at radius 1 is 1.38 bits per heavy atom. The van der Waals surface area contributed by atoms with Crippen LogP contribution in [0.25, 0.3) is 0 Å². The Hall–Kier alpha value is -2.40. The topological polar surface area (TPSA) is 58.6 Å². The lowest BCUT2D eigenvalue weighted by atomic mass is 10.0. The lowest BCUT2D eigenvalue weighted by Crippen LogP contribution is -2.45. The van der Waals surface area contributed by atoms with E-state index in [0.717, 1.165) is 11.1 Å². The molecule has 0 fully saturated rings. The number of hydrogen-bond acceptors (Lipinski definition) is 3. The normalized spacial score (nSPS) is 17.0. The van der Waals surface area contributed by atoms with Crippen LogP contribution in [0.1, 0.15) is 16.7 Å². The second-order valence-corrected chi connectivity index (χ2v) is 6.12. The molecule has 2 N–H and O–H groups in total. The van der Waals surface area contributed by atoms with E-state index in [0.29, 0.717) is 18.4 Å². The molecular weight excluding hydrogens is 309 g/mol. The van der Waals surface area contributed by atoms with Gasteiger partial charge in [-0.25, -0.2) is 4.39 Å². The van der Waals surface area contributed by atoms with Gasteiger partial charge in [-0.3, -0.25) is 4.79 Å². The largest absolute Gasteiger partial charge is 0.477 e. The van der Waals surface area contributed by atoms with Gasteiger partial charge in [0.25, 0.3) is 5.91 Å². The maximum absolute atomic E-state index is 13.7. The average Bonchev–Trinajstić information content (AvgIpc) is 3.00. The number of halogens is 1. The van der Waals surface area contributed by atoms with Crippen molar-refractivity contribution < 1.29 is 19.0 Å². The van der Waals surface area contributed by atoms with Gasteiger partial charge in [-0.15, -0.1) is 0 Å². The molecule has 0 saturated carbocycles. The van der Waals surface area contributed by atoms with Crippen LogP contribution in [0.4, 0.5) is 4.39 Å². The number of carbonyl (C=O) groups excluding carboxylic acids is 1. The van der Waals surface area contributed by atoms with E-state index in [2.05, 4.69) is 5.32 Å². The molecule has 0 saturated heterocycles. The van der Waals surface area contributed by atoms with Crippen LogP contribution < -0.4 is 10.1 Å². The van der Waals surface area contributed by atoms with Gasteiger partial charge in [0.2, 0.25) is 0 Å². The average molecular weight is 329 g/mol. The Balaban J connectivity index is 1.63. The number of nitrogens with one attached hydrogen (secondary N) is 1. The smallest absolute Gasteiger partial charge is 0.261 e. The van der Waals surface area contributed by atoms with Crippen molar-refractivity contribution in [3.63, 3.8) is 0 Å². The molecule has 0 aliphatic carbocycles. The second-order valence-electron chi connectivity index (χ2n) is 6.12. The van der Waals surface area contributed by atoms with E-state index in [4.69, 9.17) is 4.74 Å². The van der Waals surface area contributed by atoms with Crippen molar-refractivity contribution in [3.05, 3.63) is 65.0 Å². The van der Waals surface area contributed by atoms with Crippen molar-refractivity contribution >= 4 is 5.91 Å². The molecule has 1 amide bonds. The highest BCUT2D eigenvalue weighted by molar-refractivity contribution is 5.82. The van der Waals surface area contributed by atoms with Crippen LogP contribution in [0.3, 0.4) is 0 Å². The van der Waals surface area contributed by atoms with Gasteiger partial charge in [-0.1, -0.05) is 42.0 Å². The third kappa shape index (κ3) is 3.57. The van der Waals surface area contributed by atoms with Gasteiger partial charge < -0.3 is 15.2 Å². The minimum atomic E-state index is -0.761. The molecular formula is C19H20FNO3. The fourth-order valence-corrected chi connectivity index (χ4v) is 2.96. The first kappa shape index (κ1) is 16.5. The lowest BCUT2D eigenvalue weighted by molar-refractivity contribution is -0.128. The van der Waals surface area contributed by atoms with Gasteiger partial charge in [0.1, 0.15) is 0 Å². The lowest BCUT2D eigenvalue weighted by Gasteiger charge is -2.19. The fraction of sp³-hybridized carbons (Fsp3) is 0.316. The summed E-state index contributed by atoms with van der Waals surface area (Å²) < 4.78 is 19.1. The minimum Gasteiger partial charge on any atom is -0.477 e. The summed E-state index contributed by atoms with van der Waals surface area (Å²) in [5, 5.41) is 12.3. The van der Waals surface area contributed by atoms with Gasteiger partial charge >= 0.3 is 0 Å². The Morgan fingerprint density at radius 3 is 2.88 bits per heavy atom. The van der Waals surface area contributed by atoms with Crippen LogP contribution in [-0.4, -0.2) is 29.8 Å². The van der Waals surface area contributed by atoms with Crippen LogP contribution in [0.5, 0.6) is 5.75 Å². The van der Waals surface area contributed by atoms with Crippen molar-refractivity contribution in [2.24, 2.45) is 0 Å². The number of fused-ring (bicyclic) bond motifs is 1. The summed E-state index contributed by atoms with van der Waals surface area (Å²) in [4.78, 5) is 12.4. The molecule has 126 valence electrons. The fourth-order valence-electron chi connectivity index (χ4n) is 2.96. The first-order valence-corrected chi connectivity index (χ1v) is 7.97. The molecule has 2 aromatic rings. The van der Waals surface area contributed by atoms with Crippen molar-refractivity contribution in [2.75, 3.05) is 6.61 Å². The molecule has 0 aromatic heterocycles. The van der Waals surface area contributed by atoms with E-state index in [1.54, 1.807) is 12.1 Å². The number of rotatable bonds is 5. The SMILES string of the molecule is Cc1cccc(CC(CO)NC(=O)C2Cc3cccc(F)c3O2)c1.